The Kier molecular flexibility index (Phi) is 3.79. The summed E-state index contributed by atoms with van der Waals surface area (Å²) in [5.41, 5.74) is 0.640. The van der Waals surface area contributed by atoms with Crippen molar-refractivity contribution >= 4 is 22.4 Å². The lowest BCUT2D eigenvalue weighted by atomic mass is 10.2. The molecule has 0 aliphatic carbocycles. The largest absolute Gasteiger partial charge is 0.472 e. The molecule has 0 aliphatic rings. The van der Waals surface area contributed by atoms with Gasteiger partial charge in [-0.05, 0) is 23.6 Å². The van der Waals surface area contributed by atoms with Crippen LogP contribution in [0.3, 0.4) is 0 Å². The van der Waals surface area contributed by atoms with Gasteiger partial charge < -0.3 is 14.8 Å². The van der Waals surface area contributed by atoms with E-state index in [4.69, 9.17) is 4.42 Å². The third kappa shape index (κ3) is 3.33. The van der Waals surface area contributed by atoms with Gasteiger partial charge in [0.05, 0.1) is 23.6 Å². The molecule has 0 saturated heterocycles. The summed E-state index contributed by atoms with van der Waals surface area (Å²) in [6.45, 7) is 0.136. The lowest BCUT2D eigenvalue weighted by Crippen LogP contribution is -2.32. The number of hydrogen-bond donors (Lipinski definition) is 3. The van der Waals surface area contributed by atoms with Crippen molar-refractivity contribution in [1.29, 1.82) is 0 Å². The van der Waals surface area contributed by atoms with Gasteiger partial charge >= 0.3 is 6.03 Å². The van der Waals surface area contributed by atoms with Gasteiger partial charge in [0.15, 0.2) is 0 Å². The standard InChI is InChI=1S/C11H12N2O3S/c14-9(8-3-4-16-7-8)6-12-11(15)13-10-2-1-5-17-10/h1-5,7,9,14H,6H2,(H2,12,13,15)/t9-/m1/s1. The normalized spacial score (nSPS) is 12.1. The van der Waals surface area contributed by atoms with Gasteiger partial charge in [-0.25, -0.2) is 4.79 Å². The number of furan rings is 1. The van der Waals surface area contributed by atoms with Gasteiger partial charge in [-0.1, -0.05) is 0 Å². The second kappa shape index (κ2) is 5.51. The SMILES string of the molecule is O=C(NC[C@@H](O)c1ccoc1)Nc1cccs1. The fourth-order valence-corrected chi connectivity index (χ4v) is 1.89. The van der Waals surface area contributed by atoms with Crippen molar-refractivity contribution in [3.63, 3.8) is 0 Å². The molecule has 0 spiro atoms. The van der Waals surface area contributed by atoms with E-state index in [9.17, 15) is 9.90 Å². The molecule has 0 fully saturated rings. The third-order valence-corrected chi connectivity index (χ3v) is 2.93. The van der Waals surface area contributed by atoms with Gasteiger partial charge in [-0.2, -0.15) is 0 Å². The van der Waals surface area contributed by atoms with E-state index >= 15 is 0 Å². The van der Waals surface area contributed by atoms with Crippen molar-refractivity contribution in [3.8, 4) is 0 Å². The smallest absolute Gasteiger partial charge is 0.319 e. The molecule has 90 valence electrons. The summed E-state index contributed by atoms with van der Waals surface area (Å²) in [5.74, 6) is 0. The number of amides is 2. The van der Waals surface area contributed by atoms with E-state index in [-0.39, 0.29) is 12.6 Å². The topological polar surface area (TPSA) is 74.5 Å². The predicted molar refractivity (Wildman–Crippen MR) is 65.0 cm³/mol. The number of aliphatic hydroxyl groups excluding tert-OH is 1. The molecule has 3 N–H and O–H groups in total. The predicted octanol–water partition coefficient (Wildman–Crippen LogP) is 2.20. The maximum Gasteiger partial charge on any atom is 0.319 e. The number of rotatable bonds is 4. The molecule has 1 atom stereocenters. The molecule has 2 aromatic rings. The first-order valence-electron chi connectivity index (χ1n) is 5.04. The molecule has 2 amide bonds. The molecule has 0 saturated carbocycles. The van der Waals surface area contributed by atoms with Gasteiger partial charge in [-0.3, -0.25) is 5.32 Å². The first kappa shape index (κ1) is 11.7. The zero-order valence-electron chi connectivity index (χ0n) is 8.92. The highest BCUT2D eigenvalue weighted by molar-refractivity contribution is 7.14. The molecular formula is C11H12N2O3S. The minimum absolute atomic E-state index is 0.136. The number of carbonyl (C=O) groups is 1. The first-order chi connectivity index (χ1) is 8.25. The van der Waals surface area contributed by atoms with Crippen LogP contribution >= 0.6 is 11.3 Å². The van der Waals surface area contributed by atoms with Gasteiger partial charge in [0.2, 0.25) is 0 Å². The van der Waals surface area contributed by atoms with Crippen molar-refractivity contribution in [2.45, 2.75) is 6.10 Å². The minimum Gasteiger partial charge on any atom is -0.472 e. The van der Waals surface area contributed by atoms with E-state index in [1.807, 2.05) is 11.4 Å². The molecule has 2 aromatic heterocycles. The van der Waals surface area contributed by atoms with Gasteiger partial charge in [-0.15, -0.1) is 11.3 Å². The fraction of sp³-hybridized carbons (Fsp3) is 0.182. The van der Waals surface area contributed by atoms with Gasteiger partial charge in [0, 0.05) is 12.1 Å². The summed E-state index contributed by atoms with van der Waals surface area (Å²) in [6, 6.07) is 4.97. The number of urea groups is 1. The molecule has 0 radical (unpaired) electrons. The molecule has 17 heavy (non-hydrogen) atoms. The van der Waals surface area contributed by atoms with Crippen LogP contribution in [0.4, 0.5) is 9.80 Å². The highest BCUT2D eigenvalue weighted by Crippen LogP contribution is 2.15. The van der Waals surface area contributed by atoms with E-state index < -0.39 is 6.10 Å². The molecule has 2 heterocycles. The van der Waals surface area contributed by atoms with Crippen molar-refractivity contribution in [2.75, 3.05) is 11.9 Å². The Bertz CT molecular complexity index is 453. The maximum absolute atomic E-state index is 11.4. The first-order valence-corrected chi connectivity index (χ1v) is 5.92. The minimum atomic E-state index is -0.761. The van der Waals surface area contributed by atoms with Crippen LogP contribution in [-0.4, -0.2) is 17.7 Å². The second-order valence-electron chi connectivity index (χ2n) is 3.38. The second-order valence-corrected chi connectivity index (χ2v) is 4.33. The lowest BCUT2D eigenvalue weighted by Gasteiger charge is -2.10. The molecule has 0 unspecified atom stereocenters. The summed E-state index contributed by atoms with van der Waals surface area (Å²) in [6.07, 6.45) is 2.16. The van der Waals surface area contributed by atoms with Crippen LogP contribution in [0, 0.1) is 0 Å². The highest BCUT2D eigenvalue weighted by Gasteiger charge is 2.10. The van der Waals surface area contributed by atoms with Crippen molar-refractivity contribution in [2.24, 2.45) is 0 Å². The molecular weight excluding hydrogens is 240 g/mol. The summed E-state index contributed by atoms with van der Waals surface area (Å²) in [4.78, 5) is 11.4. The van der Waals surface area contributed by atoms with E-state index in [0.29, 0.717) is 5.56 Å². The summed E-state index contributed by atoms with van der Waals surface area (Å²) < 4.78 is 4.84. The van der Waals surface area contributed by atoms with Crippen LogP contribution in [0.5, 0.6) is 0 Å². The van der Waals surface area contributed by atoms with E-state index in [1.54, 1.807) is 12.1 Å². The Morgan fingerprint density at radius 2 is 2.41 bits per heavy atom. The van der Waals surface area contributed by atoms with Crippen LogP contribution < -0.4 is 10.6 Å². The van der Waals surface area contributed by atoms with Crippen LogP contribution in [0.2, 0.25) is 0 Å². The number of carbonyl (C=O) groups excluding carboxylic acids is 1. The molecule has 5 nitrogen and oxygen atoms in total. The fourth-order valence-electron chi connectivity index (χ4n) is 1.28. The average Bonchev–Trinajstić information content (AvgIpc) is 2.97. The van der Waals surface area contributed by atoms with Crippen LogP contribution in [-0.2, 0) is 0 Å². The lowest BCUT2D eigenvalue weighted by molar-refractivity contribution is 0.174. The number of thiophene rings is 1. The third-order valence-electron chi connectivity index (χ3n) is 2.14. The Labute approximate surface area is 102 Å². The Balaban J connectivity index is 1.76. The summed E-state index contributed by atoms with van der Waals surface area (Å²) in [5, 5.41) is 17.6. The Morgan fingerprint density at radius 3 is 3.06 bits per heavy atom. The van der Waals surface area contributed by atoms with Gasteiger partial charge in [0.1, 0.15) is 0 Å². The summed E-state index contributed by atoms with van der Waals surface area (Å²) >= 11 is 1.43. The summed E-state index contributed by atoms with van der Waals surface area (Å²) in [7, 11) is 0. The highest BCUT2D eigenvalue weighted by atomic mass is 32.1. The van der Waals surface area contributed by atoms with E-state index in [0.717, 1.165) is 5.00 Å². The molecule has 0 bridgehead atoms. The van der Waals surface area contributed by atoms with Crippen molar-refractivity contribution in [1.82, 2.24) is 5.32 Å². The number of aliphatic hydroxyl groups is 1. The molecule has 0 aliphatic heterocycles. The maximum atomic E-state index is 11.4. The van der Waals surface area contributed by atoms with Crippen LogP contribution in [0.1, 0.15) is 11.7 Å². The van der Waals surface area contributed by atoms with Gasteiger partial charge in [0.25, 0.3) is 0 Å². The van der Waals surface area contributed by atoms with Crippen LogP contribution in [0.25, 0.3) is 0 Å². The van der Waals surface area contributed by atoms with E-state index in [1.165, 1.54) is 23.9 Å². The Hall–Kier alpha value is -1.79. The van der Waals surface area contributed by atoms with Crippen molar-refractivity contribution < 1.29 is 14.3 Å². The van der Waals surface area contributed by atoms with E-state index in [2.05, 4.69) is 10.6 Å². The van der Waals surface area contributed by atoms with Crippen LogP contribution in [0.15, 0.2) is 40.5 Å². The Morgan fingerprint density at radius 1 is 1.53 bits per heavy atom. The average molecular weight is 252 g/mol. The number of nitrogens with one attached hydrogen (secondary N) is 2. The van der Waals surface area contributed by atoms with Crippen molar-refractivity contribution in [3.05, 3.63) is 41.7 Å². The quantitative estimate of drug-likeness (QED) is 0.780. The zero-order valence-corrected chi connectivity index (χ0v) is 9.74. The molecule has 2 rings (SSSR count). The number of hydrogen-bond acceptors (Lipinski definition) is 4. The number of anilines is 1. The monoisotopic (exact) mass is 252 g/mol. The zero-order chi connectivity index (χ0) is 12.1. The molecule has 6 heteroatoms. The molecule has 0 aromatic carbocycles.